The standard InChI is InChI=1S/C15H16IN3O/c1-3-10-13(16)15(17-2)19-14(18-10)12-8-9-6-4-5-7-11(9)20-12/h4-7,12H,3,8H2,1-2H3,(H,17,18,19). The minimum Gasteiger partial charge on any atom is -0.482 e. The summed E-state index contributed by atoms with van der Waals surface area (Å²) in [5.74, 6) is 2.60. The van der Waals surface area contributed by atoms with Crippen LogP contribution in [0.2, 0.25) is 0 Å². The number of aryl methyl sites for hydroxylation is 1. The number of halogens is 1. The Hall–Kier alpha value is -1.37. The van der Waals surface area contributed by atoms with E-state index in [0.717, 1.165) is 39.5 Å². The number of aromatic nitrogens is 2. The van der Waals surface area contributed by atoms with Gasteiger partial charge in [-0.25, -0.2) is 9.97 Å². The van der Waals surface area contributed by atoms with Crippen LogP contribution >= 0.6 is 22.6 Å². The van der Waals surface area contributed by atoms with Crippen molar-refractivity contribution in [3.8, 4) is 5.75 Å². The molecule has 1 aliphatic rings. The molecule has 4 nitrogen and oxygen atoms in total. The number of hydrogen-bond donors (Lipinski definition) is 1. The molecule has 1 aromatic carbocycles. The van der Waals surface area contributed by atoms with Crippen molar-refractivity contribution in [1.29, 1.82) is 0 Å². The third kappa shape index (κ3) is 2.34. The lowest BCUT2D eigenvalue weighted by Crippen LogP contribution is -2.13. The highest BCUT2D eigenvalue weighted by molar-refractivity contribution is 14.1. The van der Waals surface area contributed by atoms with Gasteiger partial charge in [0.05, 0.1) is 9.26 Å². The van der Waals surface area contributed by atoms with Crippen molar-refractivity contribution in [3.05, 3.63) is 44.9 Å². The van der Waals surface area contributed by atoms with Gasteiger partial charge in [-0.15, -0.1) is 0 Å². The van der Waals surface area contributed by atoms with Gasteiger partial charge < -0.3 is 10.1 Å². The third-order valence-corrected chi connectivity index (χ3v) is 4.58. The number of benzene rings is 1. The smallest absolute Gasteiger partial charge is 0.172 e. The number of ether oxygens (including phenoxy) is 1. The zero-order valence-electron chi connectivity index (χ0n) is 11.5. The van der Waals surface area contributed by atoms with E-state index in [1.54, 1.807) is 0 Å². The Morgan fingerprint density at radius 1 is 1.35 bits per heavy atom. The van der Waals surface area contributed by atoms with E-state index in [-0.39, 0.29) is 6.10 Å². The van der Waals surface area contributed by atoms with Crippen molar-refractivity contribution in [2.24, 2.45) is 0 Å². The fraction of sp³-hybridized carbons (Fsp3) is 0.333. The predicted octanol–water partition coefficient (Wildman–Crippen LogP) is 3.36. The first-order valence-electron chi connectivity index (χ1n) is 6.71. The molecule has 0 amide bonds. The molecule has 0 aliphatic carbocycles. The monoisotopic (exact) mass is 381 g/mol. The maximum atomic E-state index is 5.98. The van der Waals surface area contributed by atoms with Crippen molar-refractivity contribution in [2.45, 2.75) is 25.9 Å². The average molecular weight is 381 g/mol. The van der Waals surface area contributed by atoms with E-state index in [9.17, 15) is 0 Å². The van der Waals surface area contributed by atoms with E-state index in [1.807, 2.05) is 25.2 Å². The lowest BCUT2D eigenvalue weighted by atomic mass is 10.1. The summed E-state index contributed by atoms with van der Waals surface area (Å²) in [6.45, 7) is 2.11. The molecule has 0 fully saturated rings. The summed E-state index contributed by atoms with van der Waals surface area (Å²) in [5, 5.41) is 3.14. The van der Waals surface area contributed by atoms with E-state index in [1.165, 1.54) is 5.56 Å². The van der Waals surface area contributed by atoms with Gasteiger partial charge in [0.1, 0.15) is 11.6 Å². The molecular weight excluding hydrogens is 365 g/mol. The van der Waals surface area contributed by atoms with Crippen molar-refractivity contribution in [3.63, 3.8) is 0 Å². The van der Waals surface area contributed by atoms with Gasteiger partial charge in [-0.05, 0) is 40.6 Å². The molecule has 5 heteroatoms. The molecule has 104 valence electrons. The van der Waals surface area contributed by atoms with Crippen molar-refractivity contribution < 1.29 is 4.74 Å². The van der Waals surface area contributed by atoms with Gasteiger partial charge in [0.2, 0.25) is 0 Å². The van der Waals surface area contributed by atoms with E-state index < -0.39 is 0 Å². The second-order valence-electron chi connectivity index (χ2n) is 4.71. The highest BCUT2D eigenvalue weighted by atomic mass is 127. The number of anilines is 1. The van der Waals surface area contributed by atoms with Gasteiger partial charge in [0.25, 0.3) is 0 Å². The molecule has 0 radical (unpaired) electrons. The number of nitrogens with one attached hydrogen (secondary N) is 1. The van der Waals surface area contributed by atoms with E-state index >= 15 is 0 Å². The fourth-order valence-electron chi connectivity index (χ4n) is 2.38. The lowest BCUT2D eigenvalue weighted by Gasteiger charge is -2.14. The molecule has 2 heterocycles. The summed E-state index contributed by atoms with van der Waals surface area (Å²) >= 11 is 2.29. The molecule has 1 unspecified atom stereocenters. The van der Waals surface area contributed by atoms with Crippen LogP contribution in [0.5, 0.6) is 5.75 Å². The van der Waals surface area contributed by atoms with Crippen LogP contribution in [0.25, 0.3) is 0 Å². The highest BCUT2D eigenvalue weighted by Crippen LogP contribution is 2.36. The Balaban J connectivity index is 1.96. The van der Waals surface area contributed by atoms with Crippen molar-refractivity contribution >= 4 is 28.4 Å². The van der Waals surface area contributed by atoms with Crippen LogP contribution in [0.4, 0.5) is 5.82 Å². The molecule has 1 aliphatic heterocycles. The average Bonchev–Trinajstić information content (AvgIpc) is 2.91. The van der Waals surface area contributed by atoms with Gasteiger partial charge in [0, 0.05) is 13.5 Å². The molecule has 0 saturated carbocycles. The summed E-state index contributed by atoms with van der Waals surface area (Å²) in [7, 11) is 1.89. The maximum absolute atomic E-state index is 5.98. The summed E-state index contributed by atoms with van der Waals surface area (Å²) in [6.07, 6.45) is 1.65. The number of fused-ring (bicyclic) bond motifs is 1. The molecule has 20 heavy (non-hydrogen) atoms. The van der Waals surface area contributed by atoms with Crippen molar-refractivity contribution in [2.75, 3.05) is 12.4 Å². The highest BCUT2D eigenvalue weighted by Gasteiger charge is 2.27. The minimum atomic E-state index is -0.0817. The Morgan fingerprint density at radius 3 is 2.85 bits per heavy atom. The number of rotatable bonds is 3. The van der Waals surface area contributed by atoms with Crippen LogP contribution < -0.4 is 10.1 Å². The normalized spacial score (nSPS) is 16.6. The van der Waals surface area contributed by atoms with Gasteiger partial charge in [-0.3, -0.25) is 0 Å². The first-order valence-corrected chi connectivity index (χ1v) is 7.79. The second kappa shape index (κ2) is 5.55. The van der Waals surface area contributed by atoms with Crippen LogP contribution in [0.3, 0.4) is 0 Å². The Kier molecular flexibility index (Phi) is 3.78. The Bertz CT molecular complexity index is 595. The molecule has 2 aromatic rings. The van der Waals surface area contributed by atoms with Gasteiger partial charge in [-0.2, -0.15) is 0 Å². The van der Waals surface area contributed by atoms with Gasteiger partial charge >= 0.3 is 0 Å². The van der Waals surface area contributed by atoms with Crippen LogP contribution in [0, 0.1) is 3.57 Å². The van der Waals surface area contributed by atoms with E-state index in [0.29, 0.717) is 0 Å². The third-order valence-electron chi connectivity index (χ3n) is 3.44. The number of para-hydroxylation sites is 1. The van der Waals surface area contributed by atoms with Crippen LogP contribution in [0.15, 0.2) is 24.3 Å². The van der Waals surface area contributed by atoms with E-state index in [4.69, 9.17) is 4.74 Å². The molecule has 0 saturated heterocycles. The Morgan fingerprint density at radius 2 is 2.15 bits per heavy atom. The number of nitrogens with zero attached hydrogens (tertiary/aromatic N) is 2. The largest absolute Gasteiger partial charge is 0.482 e. The topological polar surface area (TPSA) is 47.0 Å². The zero-order chi connectivity index (χ0) is 14.1. The summed E-state index contributed by atoms with van der Waals surface area (Å²) in [6, 6.07) is 8.13. The second-order valence-corrected chi connectivity index (χ2v) is 5.79. The minimum absolute atomic E-state index is 0.0817. The molecule has 1 aromatic heterocycles. The SMILES string of the molecule is CCc1nc(C2Cc3ccccc3O2)nc(NC)c1I. The number of hydrogen-bond acceptors (Lipinski definition) is 4. The predicted molar refractivity (Wildman–Crippen MR) is 87.2 cm³/mol. The Labute approximate surface area is 132 Å². The van der Waals surface area contributed by atoms with Crippen molar-refractivity contribution in [1.82, 2.24) is 9.97 Å². The molecule has 0 spiro atoms. The van der Waals surface area contributed by atoms with Gasteiger partial charge in [-0.1, -0.05) is 25.1 Å². The van der Waals surface area contributed by atoms with Crippen LogP contribution in [-0.4, -0.2) is 17.0 Å². The maximum Gasteiger partial charge on any atom is 0.172 e. The summed E-state index contributed by atoms with van der Waals surface area (Å²) < 4.78 is 7.07. The molecule has 3 rings (SSSR count). The molecule has 0 bridgehead atoms. The lowest BCUT2D eigenvalue weighted by molar-refractivity contribution is 0.227. The summed E-state index contributed by atoms with van der Waals surface area (Å²) in [4.78, 5) is 9.29. The summed E-state index contributed by atoms with van der Waals surface area (Å²) in [5.41, 5.74) is 2.29. The van der Waals surface area contributed by atoms with Gasteiger partial charge in [0.15, 0.2) is 11.9 Å². The molecular formula is C15H16IN3O. The van der Waals surface area contributed by atoms with Crippen LogP contribution in [-0.2, 0) is 12.8 Å². The quantitative estimate of drug-likeness (QED) is 0.829. The first kappa shape index (κ1) is 13.6. The van der Waals surface area contributed by atoms with E-state index in [2.05, 4.69) is 50.9 Å². The molecule has 1 N–H and O–H groups in total. The van der Waals surface area contributed by atoms with Crippen LogP contribution in [0.1, 0.15) is 30.1 Å². The first-order chi connectivity index (χ1) is 9.72. The fourth-order valence-corrected chi connectivity index (χ4v) is 3.27. The molecule has 1 atom stereocenters. The zero-order valence-corrected chi connectivity index (χ0v) is 13.6.